The summed E-state index contributed by atoms with van der Waals surface area (Å²) >= 11 is 0. The Kier molecular flexibility index (Phi) is 5.91. The summed E-state index contributed by atoms with van der Waals surface area (Å²) in [5.41, 5.74) is 1.41. The van der Waals surface area contributed by atoms with Gasteiger partial charge in [0.05, 0.1) is 0 Å². The van der Waals surface area contributed by atoms with Crippen LogP contribution in [0.4, 0.5) is 11.4 Å². The van der Waals surface area contributed by atoms with Crippen LogP contribution in [0.1, 0.15) is 19.8 Å². The number of nitrogens with one attached hydrogen (secondary N) is 3. The van der Waals surface area contributed by atoms with Gasteiger partial charge in [-0.2, -0.15) is 0 Å². The van der Waals surface area contributed by atoms with Gasteiger partial charge in [0, 0.05) is 30.4 Å². The first-order valence-corrected chi connectivity index (χ1v) is 7.58. The van der Waals surface area contributed by atoms with Crippen molar-refractivity contribution in [2.45, 2.75) is 25.9 Å². The fraction of sp³-hybridized carbons (Fsp3) is 0.500. The zero-order valence-electron chi connectivity index (χ0n) is 13.0. The Hall–Kier alpha value is -1.92. The van der Waals surface area contributed by atoms with E-state index in [0.717, 1.165) is 12.8 Å². The molecule has 1 aromatic carbocycles. The van der Waals surface area contributed by atoms with E-state index >= 15 is 0 Å². The van der Waals surface area contributed by atoms with Crippen molar-refractivity contribution < 1.29 is 14.3 Å². The van der Waals surface area contributed by atoms with Crippen molar-refractivity contribution in [1.82, 2.24) is 5.32 Å². The molecule has 0 spiro atoms. The van der Waals surface area contributed by atoms with Gasteiger partial charge in [0.15, 0.2) is 0 Å². The fourth-order valence-corrected chi connectivity index (χ4v) is 2.31. The van der Waals surface area contributed by atoms with Crippen molar-refractivity contribution in [1.29, 1.82) is 0 Å². The SMILES string of the molecule is CNCC(C)C(=O)Nc1ccc(NC(=O)C2CCCO2)cc1. The van der Waals surface area contributed by atoms with Crippen LogP contribution in [-0.2, 0) is 14.3 Å². The minimum atomic E-state index is -0.346. The molecule has 1 heterocycles. The summed E-state index contributed by atoms with van der Waals surface area (Å²) in [6.45, 7) is 3.14. The average molecular weight is 305 g/mol. The predicted octanol–water partition coefficient (Wildman–Crippen LogP) is 1.60. The second kappa shape index (κ2) is 7.91. The van der Waals surface area contributed by atoms with Gasteiger partial charge in [-0.15, -0.1) is 0 Å². The quantitative estimate of drug-likeness (QED) is 0.746. The molecule has 1 saturated heterocycles. The maximum Gasteiger partial charge on any atom is 0.253 e. The summed E-state index contributed by atoms with van der Waals surface area (Å²) in [5.74, 6) is -0.258. The molecule has 0 aromatic heterocycles. The zero-order chi connectivity index (χ0) is 15.9. The van der Waals surface area contributed by atoms with Crippen molar-refractivity contribution in [3.8, 4) is 0 Å². The van der Waals surface area contributed by atoms with Crippen molar-refractivity contribution in [3.05, 3.63) is 24.3 Å². The molecule has 1 fully saturated rings. The Bertz CT molecular complexity index is 510. The van der Waals surface area contributed by atoms with Crippen LogP contribution in [0.5, 0.6) is 0 Å². The zero-order valence-corrected chi connectivity index (χ0v) is 13.0. The number of carbonyl (C=O) groups excluding carboxylic acids is 2. The van der Waals surface area contributed by atoms with Crippen molar-refractivity contribution in [3.63, 3.8) is 0 Å². The minimum Gasteiger partial charge on any atom is -0.368 e. The highest BCUT2D eigenvalue weighted by Crippen LogP contribution is 2.17. The molecule has 0 radical (unpaired) electrons. The van der Waals surface area contributed by atoms with Crippen LogP contribution >= 0.6 is 0 Å². The molecule has 0 bridgehead atoms. The number of benzene rings is 1. The number of amides is 2. The van der Waals surface area contributed by atoms with Gasteiger partial charge < -0.3 is 20.7 Å². The van der Waals surface area contributed by atoms with Gasteiger partial charge in [-0.05, 0) is 44.2 Å². The lowest BCUT2D eigenvalue weighted by Gasteiger charge is -2.13. The Morgan fingerprint density at radius 1 is 1.23 bits per heavy atom. The highest BCUT2D eigenvalue weighted by Gasteiger charge is 2.23. The first kappa shape index (κ1) is 16.5. The summed E-state index contributed by atoms with van der Waals surface area (Å²) < 4.78 is 5.34. The van der Waals surface area contributed by atoms with Crippen LogP contribution in [0.15, 0.2) is 24.3 Å². The third-order valence-electron chi connectivity index (χ3n) is 3.60. The molecular formula is C16H23N3O3. The van der Waals surface area contributed by atoms with Crippen molar-refractivity contribution in [2.24, 2.45) is 5.92 Å². The fourth-order valence-electron chi connectivity index (χ4n) is 2.31. The molecule has 1 aliphatic rings. The van der Waals surface area contributed by atoms with E-state index in [-0.39, 0.29) is 23.8 Å². The second-order valence-corrected chi connectivity index (χ2v) is 5.52. The van der Waals surface area contributed by atoms with E-state index in [1.807, 2.05) is 14.0 Å². The van der Waals surface area contributed by atoms with Gasteiger partial charge in [0.1, 0.15) is 6.10 Å². The summed E-state index contributed by atoms with van der Waals surface area (Å²) in [6.07, 6.45) is 1.35. The van der Waals surface area contributed by atoms with E-state index in [0.29, 0.717) is 24.5 Å². The summed E-state index contributed by atoms with van der Waals surface area (Å²) in [4.78, 5) is 23.8. The van der Waals surface area contributed by atoms with Gasteiger partial charge in [0.25, 0.3) is 5.91 Å². The number of rotatable bonds is 6. The third-order valence-corrected chi connectivity index (χ3v) is 3.60. The average Bonchev–Trinajstić information content (AvgIpc) is 3.04. The monoisotopic (exact) mass is 305 g/mol. The van der Waals surface area contributed by atoms with Crippen LogP contribution in [0.3, 0.4) is 0 Å². The molecule has 2 unspecified atom stereocenters. The Morgan fingerprint density at radius 2 is 1.86 bits per heavy atom. The van der Waals surface area contributed by atoms with Crippen molar-refractivity contribution in [2.75, 3.05) is 30.8 Å². The van der Waals surface area contributed by atoms with Crippen LogP contribution in [0.2, 0.25) is 0 Å². The highest BCUT2D eigenvalue weighted by molar-refractivity contribution is 5.95. The van der Waals surface area contributed by atoms with Crippen LogP contribution < -0.4 is 16.0 Å². The lowest BCUT2D eigenvalue weighted by molar-refractivity contribution is -0.124. The van der Waals surface area contributed by atoms with Crippen molar-refractivity contribution >= 4 is 23.2 Å². The van der Waals surface area contributed by atoms with E-state index in [2.05, 4.69) is 16.0 Å². The summed E-state index contributed by atoms with van der Waals surface area (Å²) in [7, 11) is 1.81. The number of anilines is 2. The molecule has 2 amide bonds. The lowest BCUT2D eigenvalue weighted by Crippen LogP contribution is -2.28. The van der Waals surface area contributed by atoms with Gasteiger partial charge in [-0.1, -0.05) is 6.92 Å². The molecule has 2 rings (SSSR count). The van der Waals surface area contributed by atoms with E-state index < -0.39 is 0 Å². The third kappa shape index (κ3) is 4.54. The molecule has 0 aliphatic carbocycles. The molecule has 2 atom stereocenters. The molecule has 0 saturated carbocycles. The van der Waals surface area contributed by atoms with Gasteiger partial charge in [-0.3, -0.25) is 9.59 Å². The van der Waals surface area contributed by atoms with Gasteiger partial charge >= 0.3 is 0 Å². The number of carbonyl (C=O) groups is 2. The summed E-state index contributed by atoms with van der Waals surface area (Å²) in [6, 6.07) is 7.08. The Morgan fingerprint density at radius 3 is 2.41 bits per heavy atom. The largest absolute Gasteiger partial charge is 0.368 e. The topological polar surface area (TPSA) is 79.5 Å². The molecular weight excluding hydrogens is 282 g/mol. The lowest BCUT2D eigenvalue weighted by atomic mass is 10.1. The number of hydrogen-bond donors (Lipinski definition) is 3. The molecule has 120 valence electrons. The normalized spacial score (nSPS) is 18.7. The first-order chi connectivity index (χ1) is 10.6. The molecule has 1 aliphatic heterocycles. The predicted molar refractivity (Wildman–Crippen MR) is 85.8 cm³/mol. The smallest absolute Gasteiger partial charge is 0.253 e. The van der Waals surface area contributed by atoms with Crippen LogP contribution in [0.25, 0.3) is 0 Å². The second-order valence-electron chi connectivity index (χ2n) is 5.52. The number of ether oxygens (including phenoxy) is 1. The highest BCUT2D eigenvalue weighted by atomic mass is 16.5. The standard InChI is InChI=1S/C16H23N3O3/c1-11(10-17-2)15(20)18-12-5-7-13(8-6-12)19-16(21)14-4-3-9-22-14/h5-8,11,14,17H,3-4,9-10H2,1-2H3,(H,18,20)(H,19,21). The number of hydrogen-bond acceptors (Lipinski definition) is 4. The maximum atomic E-state index is 11.9. The van der Waals surface area contributed by atoms with Crippen LogP contribution in [0, 0.1) is 5.92 Å². The molecule has 6 heteroatoms. The Labute approximate surface area is 130 Å². The first-order valence-electron chi connectivity index (χ1n) is 7.58. The molecule has 3 N–H and O–H groups in total. The molecule has 1 aromatic rings. The van der Waals surface area contributed by atoms with E-state index in [1.54, 1.807) is 24.3 Å². The minimum absolute atomic E-state index is 0.0366. The molecule has 6 nitrogen and oxygen atoms in total. The van der Waals surface area contributed by atoms with E-state index in [4.69, 9.17) is 4.74 Å². The Balaban J connectivity index is 1.87. The van der Waals surface area contributed by atoms with E-state index in [1.165, 1.54) is 0 Å². The molecule has 22 heavy (non-hydrogen) atoms. The maximum absolute atomic E-state index is 11.9. The summed E-state index contributed by atoms with van der Waals surface area (Å²) in [5, 5.41) is 8.64. The van der Waals surface area contributed by atoms with Gasteiger partial charge in [-0.25, -0.2) is 0 Å². The van der Waals surface area contributed by atoms with Gasteiger partial charge in [0.2, 0.25) is 5.91 Å². The van der Waals surface area contributed by atoms with Crippen LogP contribution in [-0.4, -0.2) is 38.1 Å². The van der Waals surface area contributed by atoms with E-state index in [9.17, 15) is 9.59 Å².